The Bertz CT molecular complexity index is 1440. The number of benzene rings is 2. The number of anilines is 3. The average Bonchev–Trinajstić information content (AvgIpc) is 3.31. The first-order valence-corrected chi connectivity index (χ1v) is 13.9. The number of amides is 5. The number of rotatable bonds is 8. The van der Waals surface area contributed by atoms with Gasteiger partial charge in [-0.25, -0.2) is 9.59 Å². The first kappa shape index (κ1) is 31.2. The summed E-state index contributed by atoms with van der Waals surface area (Å²) in [5.41, 5.74) is 2.19. The fourth-order valence-electron chi connectivity index (χ4n) is 4.70. The normalized spacial score (nSPS) is 17.1. The molecule has 0 spiro atoms. The molecule has 0 unspecified atom stereocenters. The largest absolute Gasteiger partial charge is 0.497 e. The van der Waals surface area contributed by atoms with Gasteiger partial charge in [-0.15, -0.1) is 0 Å². The second-order valence-electron chi connectivity index (χ2n) is 10.7. The van der Waals surface area contributed by atoms with Gasteiger partial charge in [-0.3, -0.25) is 4.79 Å². The highest BCUT2D eigenvalue weighted by Gasteiger charge is 2.34. The van der Waals surface area contributed by atoms with Crippen molar-refractivity contribution >= 4 is 35.0 Å². The van der Waals surface area contributed by atoms with Crippen LogP contribution in [0.25, 0.3) is 0 Å². The Balaban J connectivity index is 1.54. The van der Waals surface area contributed by atoms with E-state index < -0.39 is 18.2 Å². The number of aliphatic hydroxyl groups excluding tert-OH is 1. The van der Waals surface area contributed by atoms with E-state index >= 15 is 0 Å². The quantitative estimate of drug-likeness (QED) is 0.300. The number of aryl methyl sites for hydroxylation is 2. The highest BCUT2D eigenvalue weighted by Crippen LogP contribution is 2.31. The number of fused-ring (bicyclic) bond motifs is 1. The molecule has 13 nitrogen and oxygen atoms in total. The minimum absolute atomic E-state index is 0.194. The summed E-state index contributed by atoms with van der Waals surface area (Å²) < 4.78 is 16.6. The lowest BCUT2D eigenvalue weighted by molar-refractivity contribution is 0.0371. The van der Waals surface area contributed by atoms with Crippen LogP contribution in [0.15, 0.2) is 47.0 Å². The topological polar surface area (TPSA) is 158 Å². The number of likely N-dealkylation sites (N-methyl/N-ethyl adjacent to an activating group) is 1. The predicted molar refractivity (Wildman–Crippen MR) is 161 cm³/mol. The molecular weight excluding hydrogens is 556 g/mol. The predicted octanol–water partition coefficient (Wildman–Crippen LogP) is 4.33. The van der Waals surface area contributed by atoms with Gasteiger partial charge in [-0.1, -0.05) is 12.1 Å². The summed E-state index contributed by atoms with van der Waals surface area (Å²) in [4.78, 5) is 42.5. The van der Waals surface area contributed by atoms with E-state index in [0.717, 1.165) is 0 Å². The van der Waals surface area contributed by atoms with Crippen molar-refractivity contribution in [1.29, 1.82) is 0 Å². The maximum Gasteiger partial charge on any atom is 0.323 e. The van der Waals surface area contributed by atoms with E-state index in [1.54, 1.807) is 76.2 Å². The third-order valence-electron chi connectivity index (χ3n) is 7.34. The number of carbonyl (C=O) groups is 3. The first-order valence-electron chi connectivity index (χ1n) is 13.9. The van der Waals surface area contributed by atoms with Crippen LogP contribution < -0.4 is 25.4 Å². The van der Waals surface area contributed by atoms with Crippen molar-refractivity contribution in [2.45, 2.75) is 39.8 Å². The van der Waals surface area contributed by atoms with Gasteiger partial charge in [0.05, 0.1) is 31.9 Å². The standard InChI is InChI=1S/C30H38N6O7/c1-17-14-36(18(2)16-37)28(38)24-13-22(31-29(39)33-27-19(3)34-43-20(27)4)9-12-25(24)42-26(17)15-35(5)30(40)32-21-7-10-23(41-6)11-8-21/h7-13,17-18,26,37H,14-16H2,1-6H3,(H,32,40)(H2,31,33,39)/t17-,18+,26+/m1/s1. The summed E-state index contributed by atoms with van der Waals surface area (Å²) >= 11 is 0. The highest BCUT2D eigenvalue weighted by molar-refractivity contribution is 6.03. The van der Waals surface area contributed by atoms with Crippen LogP contribution in [0.2, 0.25) is 0 Å². The van der Waals surface area contributed by atoms with Crippen molar-refractivity contribution < 1.29 is 33.5 Å². The number of hydrogen-bond acceptors (Lipinski definition) is 8. The zero-order chi connectivity index (χ0) is 31.3. The average molecular weight is 595 g/mol. The van der Waals surface area contributed by atoms with Crippen LogP contribution in [0.5, 0.6) is 11.5 Å². The third-order valence-corrected chi connectivity index (χ3v) is 7.34. The molecule has 0 aliphatic carbocycles. The SMILES string of the molecule is COc1ccc(NC(=O)N(C)C[C@@H]2Oc3ccc(NC(=O)Nc4c(C)noc4C)cc3C(=O)N([C@@H](C)CO)C[C@H]2C)cc1. The number of urea groups is 2. The number of nitrogens with one attached hydrogen (secondary N) is 3. The molecule has 2 aromatic carbocycles. The molecule has 13 heteroatoms. The van der Waals surface area contributed by atoms with E-state index in [-0.39, 0.29) is 43.1 Å². The lowest BCUT2D eigenvalue weighted by atomic mass is 9.99. The van der Waals surface area contributed by atoms with Crippen molar-refractivity contribution in [2.24, 2.45) is 5.92 Å². The smallest absolute Gasteiger partial charge is 0.323 e. The number of aromatic nitrogens is 1. The van der Waals surface area contributed by atoms with Crippen LogP contribution in [0.3, 0.4) is 0 Å². The molecule has 4 rings (SSSR count). The molecule has 0 fully saturated rings. The Morgan fingerprint density at radius 1 is 1.14 bits per heavy atom. The minimum atomic E-state index is -0.537. The maximum absolute atomic E-state index is 13.7. The molecule has 3 aromatic rings. The molecule has 43 heavy (non-hydrogen) atoms. The van der Waals surface area contributed by atoms with Crippen LogP contribution in [0.1, 0.15) is 35.7 Å². The summed E-state index contributed by atoms with van der Waals surface area (Å²) in [7, 11) is 3.24. The Labute approximate surface area is 250 Å². The monoisotopic (exact) mass is 594 g/mol. The van der Waals surface area contributed by atoms with Gasteiger partial charge in [0.15, 0.2) is 5.76 Å². The Kier molecular flexibility index (Phi) is 9.76. The summed E-state index contributed by atoms with van der Waals surface area (Å²) in [5.74, 6) is 0.906. The molecule has 0 bridgehead atoms. The number of methoxy groups -OCH3 is 1. The van der Waals surface area contributed by atoms with Crippen molar-refractivity contribution in [2.75, 3.05) is 49.8 Å². The van der Waals surface area contributed by atoms with Gasteiger partial charge < -0.3 is 44.9 Å². The number of aliphatic hydroxyl groups is 1. The van der Waals surface area contributed by atoms with E-state index in [0.29, 0.717) is 40.0 Å². The van der Waals surface area contributed by atoms with Crippen LogP contribution in [-0.4, -0.2) is 84.0 Å². The molecule has 1 aromatic heterocycles. The molecule has 1 aliphatic heterocycles. The molecule has 0 radical (unpaired) electrons. The summed E-state index contributed by atoms with van der Waals surface area (Å²) in [6.45, 7) is 7.36. The van der Waals surface area contributed by atoms with Gasteiger partial charge in [-0.05, 0) is 63.2 Å². The van der Waals surface area contributed by atoms with Gasteiger partial charge in [0, 0.05) is 30.9 Å². The van der Waals surface area contributed by atoms with Crippen molar-refractivity contribution in [3.63, 3.8) is 0 Å². The molecule has 0 saturated carbocycles. The Morgan fingerprint density at radius 2 is 1.84 bits per heavy atom. The molecule has 5 amide bonds. The molecular formula is C30H38N6O7. The van der Waals surface area contributed by atoms with Gasteiger partial charge in [0.1, 0.15) is 29.0 Å². The van der Waals surface area contributed by atoms with Crippen LogP contribution in [0, 0.1) is 19.8 Å². The first-order chi connectivity index (χ1) is 20.5. The summed E-state index contributed by atoms with van der Waals surface area (Å²) in [5, 5.41) is 22.1. The Hall–Kier alpha value is -4.78. The minimum Gasteiger partial charge on any atom is -0.497 e. The van der Waals surface area contributed by atoms with E-state index in [2.05, 4.69) is 21.1 Å². The third kappa shape index (κ3) is 7.36. The van der Waals surface area contributed by atoms with Crippen LogP contribution in [0.4, 0.5) is 26.7 Å². The fraction of sp³-hybridized carbons (Fsp3) is 0.400. The fourth-order valence-corrected chi connectivity index (χ4v) is 4.70. The second kappa shape index (κ2) is 13.5. The molecule has 230 valence electrons. The molecule has 4 N–H and O–H groups in total. The number of ether oxygens (including phenoxy) is 2. The number of carbonyl (C=O) groups excluding carboxylic acids is 3. The number of hydrogen-bond donors (Lipinski definition) is 4. The molecule has 3 atom stereocenters. The van der Waals surface area contributed by atoms with Gasteiger partial charge in [-0.2, -0.15) is 0 Å². The molecule has 1 aliphatic rings. The summed E-state index contributed by atoms with van der Waals surface area (Å²) in [6.07, 6.45) is -0.492. The van der Waals surface area contributed by atoms with E-state index in [4.69, 9.17) is 14.0 Å². The second-order valence-corrected chi connectivity index (χ2v) is 10.7. The summed E-state index contributed by atoms with van der Waals surface area (Å²) in [6, 6.07) is 10.4. The van der Waals surface area contributed by atoms with Gasteiger partial charge in [0.25, 0.3) is 5.91 Å². The molecule has 2 heterocycles. The lowest BCUT2D eigenvalue weighted by Crippen LogP contribution is -2.50. The van der Waals surface area contributed by atoms with Gasteiger partial charge in [0.2, 0.25) is 0 Å². The van der Waals surface area contributed by atoms with E-state index in [1.807, 2.05) is 6.92 Å². The zero-order valence-corrected chi connectivity index (χ0v) is 25.1. The highest BCUT2D eigenvalue weighted by atomic mass is 16.5. The van der Waals surface area contributed by atoms with Crippen LogP contribution in [-0.2, 0) is 0 Å². The lowest BCUT2D eigenvalue weighted by Gasteiger charge is -2.38. The van der Waals surface area contributed by atoms with Crippen molar-refractivity contribution in [3.05, 3.63) is 59.5 Å². The van der Waals surface area contributed by atoms with Crippen LogP contribution >= 0.6 is 0 Å². The van der Waals surface area contributed by atoms with E-state index in [1.165, 1.54) is 11.0 Å². The van der Waals surface area contributed by atoms with Gasteiger partial charge >= 0.3 is 12.1 Å². The molecule has 0 saturated heterocycles. The zero-order valence-electron chi connectivity index (χ0n) is 25.1. The van der Waals surface area contributed by atoms with E-state index in [9.17, 15) is 19.5 Å². The number of nitrogens with zero attached hydrogens (tertiary/aromatic N) is 3. The maximum atomic E-state index is 13.7. The van der Waals surface area contributed by atoms with Crippen molar-refractivity contribution in [1.82, 2.24) is 15.0 Å². The van der Waals surface area contributed by atoms with Crippen molar-refractivity contribution in [3.8, 4) is 11.5 Å². The Morgan fingerprint density at radius 3 is 2.47 bits per heavy atom.